The number of imidazole rings is 1. The van der Waals surface area contributed by atoms with Gasteiger partial charge in [-0.25, -0.2) is 9.37 Å². The van der Waals surface area contributed by atoms with Crippen molar-refractivity contribution < 1.29 is 9.18 Å². The van der Waals surface area contributed by atoms with E-state index in [1.54, 1.807) is 11.0 Å². The summed E-state index contributed by atoms with van der Waals surface area (Å²) >= 11 is 0. The Bertz CT molecular complexity index is 912. The first-order chi connectivity index (χ1) is 11.3. The Balaban J connectivity index is 1.85. The van der Waals surface area contributed by atoms with Crippen molar-refractivity contribution in [2.75, 3.05) is 4.90 Å². The van der Waals surface area contributed by atoms with Crippen molar-refractivity contribution in [2.24, 2.45) is 5.41 Å². The topological polar surface area (TPSA) is 61.9 Å². The minimum Gasteiger partial charge on any atom is -0.285 e. The molecule has 0 unspecified atom stereocenters. The third-order valence-corrected chi connectivity index (χ3v) is 4.96. The van der Waals surface area contributed by atoms with Crippen LogP contribution in [0.5, 0.6) is 0 Å². The monoisotopic (exact) mass is 326 g/mol. The van der Waals surface area contributed by atoms with Crippen LogP contribution < -0.4 is 4.90 Å². The highest BCUT2D eigenvalue weighted by Crippen LogP contribution is 2.55. The second-order valence-corrected chi connectivity index (χ2v) is 7.98. The second kappa shape index (κ2) is 4.56. The van der Waals surface area contributed by atoms with Gasteiger partial charge in [0, 0.05) is 12.5 Å². The quantitative estimate of drug-likeness (QED) is 0.803. The van der Waals surface area contributed by atoms with Gasteiger partial charge in [-0.3, -0.25) is 14.3 Å². The number of aromatic nitrogens is 2. The SMILES string of the molecule is CC(C)(C)CC(=O)N1c2nc3cc(F)c(C#N)cc3n2C12CCC2. The molecule has 2 aliphatic rings. The molecule has 124 valence electrons. The molecule has 1 aromatic heterocycles. The van der Waals surface area contributed by atoms with Crippen molar-refractivity contribution in [2.45, 2.75) is 52.1 Å². The van der Waals surface area contributed by atoms with Gasteiger partial charge >= 0.3 is 0 Å². The molecular formula is C18H19FN4O. The van der Waals surface area contributed by atoms with E-state index >= 15 is 0 Å². The maximum absolute atomic E-state index is 13.9. The molecule has 0 bridgehead atoms. The van der Waals surface area contributed by atoms with E-state index in [4.69, 9.17) is 5.26 Å². The van der Waals surface area contributed by atoms with Gasteiger partial charge in [-0.15, -0.1) is 0 Å². The molecule has 2 heterocycles. The van der Waals surface area contributed by atoms with Gasteiger partial charge in [0.15, 0.2) is 0 Å². The largest absolute Gasteiger partial charge is 0.285 e. The molecule has 5 nitrogen and oxygen atoms in total. The molecule has 0 radical (unpaired) electrons. The molecule has 1 aliphatic heterocycles. The van der Waals surface area contributed by atoms with Gasteiger partial charge in [-0.1, -0.05) is 20.8 Å². The molecule has 1 fully saturated rings. The summed E-state index contributed by atoms with van der Waals surface area (Å²) in [4.78, 5) is 19.1. The minimum atomic E-state index is -0.571. The van der Waals surface area contributed by atoms with E-state index in [0.717, 1.165) is 24.8 Å². The number of benzene rings is 1. The molecule has 0 saturated heterocycles. The number of hydrogen-bond donors (Lipinski definition) is 0. The highest BCUT2D eigenvalue weighted by Gasteiger charge is 2.58. The average Bonchev–Trinajstić information content (AvgIpc) is 2.69. The molecule has 0 atom stereocenters. The van der Waals surface area contributed by atoms with E-state index in [0.29, 0.717) is 17.9 Å². The fraction of sp³-hybridized carbons (Fsp3) is 0.500. The van der Waals surface area contributed by atoms with Crippen LogP contribution in [-0.4, -0.2) is 15.5 Å². The predicted molar refractivity (Wildman–Crippen MR) is 87.8 cm³/mol. The van der Waals surface area contributed by atoms with Crippen LogP contribution in [0.1, 0.15) is 52.0 Å². The van der Waals surface area contributed by atoms with Crippen LogP contribution in [0, 0.1) is 22.6 Å². The number of rotatable bonds is 1. The zero-order valence-electron chi connectivity index (χ0n) is 14.1. The Hall–Kier alpha value is -2.42. The molecule has 1 aromatic carbocycles. The summed E-state index contributed by atoms with van der Waals surface area (Å²) < 4.78 is 15.9. The van der Waals surface area contributed by atoms with E-state index < -0.39 is 5.82 Å². The summed E-state index contributed by atoms with van der Waals surface area (Å²) in [5.74, 6) is 0.0674. The summed E-state index contributed by atoms with van der Waals surface area (Å²) in [6, 6.07) is 4.72. The number of nitrogens with zero attached hydrogens (tertiary/aromatic N) is 4. The van der Waals surface area contributed by atoms with E-state index in [1.807, 2.05) is 31.4 Å². The maximum atomic E-state index is 13.9. The smallest absolute Gasteiger partial charge is 0.231 e. The molecule has 0 N–H and O–H groups in total. The highest BCUT2D eigenvalue weighted by molar-refractivity contribution is 5.99. The number of anilines is 1. The highest BCUT2D eigenvalue weighted by atomic mass is 19.1. The lowest BCUT2D eigenvalue weighted by Gasteiger charge is -2.58. The Labute approximate surface area is 139 Å². The van der Waals surface area contributed by atoms with Crippen LogP contribution in [0.3, 0.4) is 0 Å². The van der Waals surface area contributed by atoms with Crippen LogP contribution in [-0.2, 0) is 10.5 Å². The van der Waals surface area contributed by atoms with Gasteiger partial charge in [-0.2, -0.15) is 5.26 Å². The summed E-state index contributed by atoms with van der Waals surface area (Å²) in [6.45, 7) is 6.11. The fourth-order valence-corrected chi connectivity index (χ4v) is 3.79. The van der Waals surface area contributed by atoms with E-state index in [9.17, 15) is 9.18 Å². The zero-order valence-corrected chi connectivity index (χ0v) is 14.1. The van der Waals surface area contributed by atoms with Gasteiger partial charge < -0.3 is 0 Å². The third-order valence-electron chi connectivity index (χ3n) is 4.96. The van der Waals surface area contributed by atoms with E-state index in [-0.39, 0.29) is 22.5 Å². The number of hydrogen-bond acceptors (Lipinski definition) is 3. The third kappa shape index (κ3) is 1.84. The van der Waals surface area contributed by atoms with Crippen LogP contribution in [0.15, 0.2) is 12.1 Å². The first-order valence-electron chi connectivity index (χ1n) is 8.22. The predicted octanol–water partition coefficient (Wildman–Crippen LogP) is 3.67. The van der Waals surface area contributed by atoms with Gasteiger partial charge in [0.1, 0.15) is 17.5 Å². The minimum absolute atomic E-state index is 0.0131. The number of nitriles is 1. The Morgan fingerprint density at radius 3 is 2.67 bits per heavy atom. The molecule has 24 heavy (non-hydrogen) atoms. The number of carbonyl (C=O) groups excluding carboxylic acids is 1. The fourth-order valence-electron chi connectivity index (χ4n) is 3.79. The second-order valence-electron chi connectivity index (χ2n) is 7.98. The molecule has 2 aromatic rings. The van der Waals surface area contributed by atoms with Crippen molar-refractivity contribution in [3.8, 4) is 6.07 Å². The lowest BCUT2D eigenvalue weighted by atomic mass is 9.79. The molecule has 1 aliphatic carbocycles. The molecule has 1 saturated carbocycles. The van der Waals surface area contributed by atoms with Crippen molar-refractivity contribution in [3.05, 3.63) is 23.5 Å². The standard InChI is InChI=1S/C18H19FN4O/c1-17(2,3)9-15(24)23-16-21-13-8-12(19)11(10-20)7-14(13)22(16)18(23)5-4-6-18/h7-8H,4-6,9H2,1-3H3. The van der Waals surface area contributed by atoms with Crippen molar-refractivity contribution >= 4 is 22.9 Å². The maximum Gasteiger partial charge on any atom is 0.231 e. The first-order valence-corrected chi connectivity index (χ1v) is 8.22. The number of amides is 1. The molecule has 1 spiro atoms. The van der Waals surface area contributed by atoms with Crippen molar-refractivity contribution in [1.29, 1.82) is 5.26 Å². The summed E-state index contributed by atoms with van der Waals surface area (Å²) in [5, 5.41) is 9.08. The lowest BCUT2D eigenvalue weighted by Crippen LogP contribution is -2.66. The van der Waals surface area contributed by atoms with E-state index in [1.165, 1.54) is 6.07 Å². The van der Waals surface area contributed by atoms with Crippen LogP contribution >= 0.6 is 0 Å². The van der Waals surface area contributed by atoms with Crippen molar-refractivity contribution in [3.63, 3.8) is 0 Å². The van der Waals surface area contributed by atoms with E-state index in [2.05, 4.69) is 4.98 Å². The number of carbonyl (C=O) groups is 1. The van der Waals surface area contributed by atoms with Crippen LogP contribution in [0.2, 0.25) is 0 Å². The number of halogens is 1. The van der Waals surface area contributed by atoms with Gasteiger partial charge in [0.25, 0.3) is 0 Å². The molecule has 4 rings (SSSR count). The molecule has 1 amide bonds. The first kappa shape index (κ1) is 15.1. The van der Waals surface area contributed by atoms with Gasteiger partial charge in [0.2, 0.25) is 11.9 Å². The Kier molecular flexibility index (Phi) is 2.88. The number of fused-ring (bicyclic) bond motifs is 4. The average molecular weight is 326 g/mol. The summed E-state index contributed by atoms with van der Waals surface area (Å²) in [7, 11) is 0. The van der Waals surface area contributed by atoms with Crippen LogP contribution in [0.25, 0.3) is 11.0 Å². The molecule has 6 heteroatoms. The van der Waals surface area contributed by atoms with Gasteiger partial charge in [-0.05, 0) is 30.7 Å². The van der Waals surface area contributed by atoms with Crippen LogP contribution in [0.4, 0.5) is 10.3 Å². The van der Waals surface area contributed by atoms with Crippen molar-refractivity contribution in [1.82, 2.24) is 9.55 Å². The molecular weight excluding hydrogens is 307 g/mol. The lowest BCUT2D eigenvalue weighted by molar-refractivity contribution is -0.125. The zero-order chi connectivity index (χ0) is 17.3. The summed E-state index contributed by atoms with van der Waals surface area (Å²) in [5.41, 5.74) is 0.784. The van der Waals surface area contributed by atoms with Gasteiger partial charge in [0.05, 0.1) is 16.6 Å². The normalized spacial score (nSPS) is 18.0. The Morgan fingerprint density at radius 2 is 2.12 bits per heavy atom. The summed E-state index contributed by atoms with van der Waals surface area (Å²) in [6.07, 6.45) is 3.24. The Morgan fingerprint density at radius 1 is 1.42 bits per heavy atom.